The van der Waals surface area contributed by atoms with Crippen LogP contribution in [0.4, 0.5) is 8.78 Å². The Hall–Kier alpha value is -2.22. The van der Waals surface area contributed by atoms with Crippen LogP contribution in [0.25, 0.3) is 0 Å². The van der Waals surface area contributed by atoms with Crippen LogP contribution in [0.5, 0.6) is 0 Å². The number of aryl methyl sites for hydroxylation is 1. The lowest BCUT2D eigenvalue weighted by atomic mass is 9.76. The van der Waals surface area contributed by atoms with E-state index in [1.165, 1.54) is 30.2 Å². The summed E-state index contributed by atoms with van der Waals surface area (Å²) < 4.78 is 29.0. The normalized spacial score (nSPS) is 25.7. The van der Waals surface area contributed by atoms with Crippen molar-refractivity contribution in [2.75, 3.05) is 19.6 Å². The summed E-state index contributed by atoms with van der Waals surface area (Å²) in [4.78, 5) is 30.1. The van der Waals surface area contributed by atoms with Gasteiger partial charge in [-0.1, -0.05) is 23.7 Å². The molecule has 2 bridgehead atoms. The molecule has 0 radical (unpaired) electrons. The van der Waals surface area contributed by atoms with Gasteiger partial charge in [0, 0.05) is 60.6 Å². The quantitative estimate of drug-likeness (QED) is 0.326. The van der Waals surface area contributed by atoms with Gasteiger partial charge in [-0.3, -0.25) is 14.5 Å². The summed E-state index contributed by atoms with van der Waals surface area (Å²) in [7, 11) is 0. The van der Waals surface area contributed by atoms with Crippen molar-refractivity contribution in [2.24, 2.45) is 5.92 Å². The van der Waals surface area contributed by atoms with Crippen molar-refractivity contribution in [1.29, 1.82) is 0 Å². The van der Waals surface area contributed by atoms with Gasteiger partial charge in [-0.2, -0.15) is 0 Å². The summed E-state index contributed by atoms with van der Waals surface area (Å²) in [6, 6.07) is 10.3. The number of carbonyl (C=O) groups is 2. The Bertz CT molecular complexity index is 1300. The van der Waals surface area contributed by atoms with Gasteiger partial charge in [0.15, 0.2) is 0 Å². The van der Waals surface area contributed by atoms with Gasteiger partial charge >= 0.3 is 0 Å². The van der Waals surface area contributed by atoms with Crippen molar-refractivity contribution < 1.29 is 18.4 Å². The second kappa shape index (κ2) is 13.8. The number of carbonyl (C=O) groups excluding carboxylic acids is 2. The smallest absolute Gasteiger partial charge is 0.226 e. The number of piperidine rings is 2. The van der Waals surface area contributed by atoms with Gasteiger partial charge in [0.1, 0.15) is 11.6 Å². The highest BCUT2D eigenvalue weighted by atomic mass is 35.5. The highest BCUT2D eigenvalue weighted by Gasteiger charge is 2.48. The van der Waals surface area contributed by atoms with Gasteiger partial charge in [-0.15, -0.1) is 12.4 Å². The summed E-state index contributed by atoms with van der Waals surface area (Å²) >= 11 is 6.39. The predicted octanol–water partition coefficient (Wildman–Crippen LogP) is 7.25. The molecule has 3 aliphatic heterocycles. The van der Waals surface area contributed by atoms with E-state index in [1.807, 2.05) is 6.07 Å². The number of hydrogen-bond donors (Lipinski definition) is 1. The van der Waals surface area contributed by atoms with E-state index in [-0.39, 0.29) is 53.7 Å². The molecule has 5 nitrogen and oxygen atoms in total. The molecule has 1 N–H and O–H groups in total. The zero-order valence-corrected chi connectivity index (χ0v) is 27.2. The van der Waals surface area contributed by atoms with Crippen molar-refractivity contribution in [3.63, 3.8) is 0 Å². The number of fused-ring (bicyclic) bond motifs is 2. The van der Waals surface area contributed by atoms with Crippen molar-refractivity contribution >= 4 is 35.8 Å². The lowest BCUT2D eigenvalue weighted by Gasteiger charge is -2.47. The van der Waals surface area contributed by atoms with Crippen molar-refractivity contribution in [2.45, 2.75) is 102 Å². The summed E-state index contributed by atoms with van der Waals surface area (Å²) in [5.74, 6) is -1.37. The summed E-state index contributed by atoms with van der Waals surface area (Å²) in [6.45, 7) is 9.93. The Morgan fingerprint density at radius 3 is 2.30 bits per heavy atom. The molecule has 3 fully saturated rings. The van der Waals surface area contributed by atoms with Crippen LogP contribution in [0.2, 0.25) is 5.02 Å². The van der Waals surface area contributed by atoms with Gasteiger partial charge in [0.05, 0.1) is 0 Å². The first-order valence-corrected chi connectivity index (χ1v) is 15.8. The molecular weight excluding hydrogens is 591 g/mol. The monoisotopic (exact) mass is 635 g/mol. The van der Waals surface area contributed by atoms with E-state index in [0.717, 1.165) is 51.1 Å². The molecule has 2 aromatic rings. The molecule has 9 heteroatoms. The first-order valence-electron chi connectivity index (χ1n) is 15.5. The first kappa shape index (κ1) is 33.7. The molecule has 2 aromatic carbocycles. The van der Waals surface area contributed by atoms with Crippen LogP contribution >= 0.6 is 24.0 Å². The molecule has 0 aliphatic carbocycles. The van der Waals surface area contributed by atoms with Crippen LogP contribution in [0.3, 0.4) is 0 Å². The molecule has 0 aromatic heterocycles. The standard InChI is InChI=1S/C34H44ClF2N3O2.ClH/c1-21(41)38-14-5-6-22-16-24(35)7-11-28(22)23-17-26-9-10-27(18-23)40(26)33(42)30-13-15-39(34(2,3)4)20-31(30)29-12-8-25(36)19-32(29)37;/h7-8,11-12,16,19,23,26-27,30-31H,5-6,9-10,13-15,17-18,20H2,1-4H3,(H,38,41);1H/t23?,26?,27?,30-,31+;/m1./s1. The Balaban J connectivity index is 0.00000423. The SMILES string of the molecule is CC(=O)NCCCc1cc(Cl)ccc1C1CC2CCC(C1)N2C(=O)[C@@H]1CCN(C(C)(C)C)C[C@H]1c1ccc(F)cc1F.Cl. The number of halogens is 4. The second-order valence-corrected chi connectivity index (χ2v) is 13.9. The van der Waals surface area contributed by atoms with Gasteiger partial charge < -0.3 is 10.2 Å². The van der Waals surface area contributed by atoms with E-state index in [9.17, 15) is 14.0 Å². The molecule has 3 saturated heterocycles. The lowest BCUT2D eigenvalue weighted by Crippen LogP contribution is -2.55. The average molecular weight is 637 g/mol. The molecule has 2 amide bonds. The van der Waals surface area contributed by atoms with Gasteiger partial charge in [0.2, 0.25) is 11.8 Å². The van der Waals surface area contributed by atoms with E-state index >= 15 is 4.39 Å². The number of likely N-dealkylation sites (tertiary alicyclic amines) is 1. The fourth-order valence-electron chi connectivity index (χ4n) is 7.69. The minimum atomic E-state index is -0.598. The second-order valence-electron chi connectivity index (χ2n) is 13.5. The maximum absolute atomic E-state index is 15.1. The molecule has 4 atom stereocenters. The van der Waals surface area contributed by atoms with Crippen molar-refractivity contribution in [3.8, 4) is 0 Å². The van der Waals surface area contributed by atoms with Gasteiger partial charge in [-0.25, -0.2) is 8.78 Å². The number of amides is 2. The van der Waals surface area contributed by atoms with E-state index in [0.29, 0.717) is 36.0 Å². The fourth-order valence-corrected chi connectivity index (χ4v) is 7.88. The molecule has 0 saturated carbocycles. The zero-order valence-electron chi connectivity index (χ0n) is 25.7. The minimum Gasteiger partial charge on any atom is -0.356 e. The minimum absolute atomic E-state index is 0. The Morgan fingerprint density at radius 2 is 1.67 bits per heavy atom. The van der Waals surface area contributed by atoms with Crippen molar-refractivity contribution in [1.82, 2.24) is 15.1 Å². The molecule has 3 aliphatic rings. The Morgan fingerprint density at radius 1 is 1.00 bits per heavy atom. The molecule has 3 heterocycles. The van der Waals surface area contributed by atoms with Crippen LogP contribution in [-0.4, -0.2) is 58.9 Å². The van der Waals surface area contributed by atoms with Gasteiger partial charge in [0.25, 0.3) is 0 Å². The maximum atomic E-state index is 15.1. The first-order chi connectivity index (χ1) is 19.9. The van der Waals surface area contributed by atoms with E-state index in [2.05, 4.69) is 48.0 Å². The maximum Gasteiger partial charge on any atom is 0.226 e. The fraction of sp³-hybridized carbons (Fsp3) is 0.588. The van der Waals surface area contributed by atoms with Crippen LogP contribution in [-0.2, 0) is 16.0 Å². The van der Waals surface area contributed by atoms with Crippen LogP contribution in [0, 0.1) is 17.6 Å². The molecule has 5 rings (SSSR count). The predicted molar refractivity (Wildman–Crippen MR) is 170 cm³/mol. The van der Waals surface area contributed by atoms with Crippen LogP contribution in [0.15, 0.2) is 36.4 Å². The van der Waals surface area contributed by atoms with Crippen LogP contribution < -0.4 is 5.32 Å². The highest BCUT2D eigenvalue weighted by molar-refractivity contribution is 6.30. The largest absolute Gasteiger partial charge is 0.356 e. The number of nitrogens with one attached hydrogen (secondary N) is 1. The average Bonchev–Trinajstić information content (AvgIpc) is 3.19. The number of benzene rings is 2. The Kier molecular flexibility index (Phi) is 10.8. The third-order valence-corrected chi connectivity index (χ3v) is 10.0. The number of rotatable bonds is 7. The third kappa shape index (κ3) is 7.54. The zero-order chi connectivity index (χ0) is 30.2. The highest BCUT2D eigenvalue weighted by Crippen LogP contribution is 2.47. The topological polar surface area (TPSA) is 52.7 Å². The van der Waals surface area contributed by atoms with Crippen LogP contribution in [0.1, 0.15) is 94.7 Å². The number of nitrogens with zero attached hydrogens (tertiary/aromatic N) is 2. The molecule has 43 heavy (non-hydrogen) atoms. The third-order valence-electron chi connectivity index (χ3n) is 9.77. The molecule has 236 valence electrons. The summed E-state index contributed by atoms with van der Waals surface area (Å²) in [5, 5.41) is 3.59. The number of hydrogen-bond acceptors (Lipinski definition) is 3. The summed E-state index contributed by atoms with van der Waals surface area (Å²) in [6.07, 6.45) is 6.10. The molecule has 0 spiro atoms. The van der Waals surface area contributed by atoms with Crippen molar-refractivity contribution in [3.05, 3.63) is 69.7 Å². The van der Waals surface area contributed by atoms with E-state index in [1.54, 1.807) is 0 Å². The van der Waals surface area contributed by atoms with Gasteiger partial charge in [-0.05, 0) is 113 Å². The molecule has 2 unspecified atom stereocenters. The van der Waals surface area contributed by atoms with E-state index < -0.39 is 11.6 Å². The Labute approximate surface area is 266 Å². The summed E-state index contributed by atoms with van der Waals surface area (Å²) in [5.41, 5.74) is 2.85. The molecular formula is C34H45Cl2F2N3O2. The lowest BCUT2D eigenvalue weighted by molar-refractivity contribution is -0.143. The van der Waals surface area contributed by atoms with E-state index in [4.69, 9.17) is 11.6 Å².